The highest BCUT2D eigenvalue weighted by atomic mass is 35.5. The van der Waals surface area contributed by atoms with Crippen molar-refractivity contribution < 1.29 is 18.8 Å². The number of carbonyl (C=O) groups is 3. The Morgan fingerprint density at radius 1 is 1.25 bits per heavy atom. The molecule has 146 valence electrons. The van der Waals surface area contributed by atoms with Gasteiger partial charge in [0.05, 0.1) is 18.8 Å². The molecule has 0 aliphatic carbocycles. The van der Waals surface area contributed by atoms with Crippen molar-refractivity contribution in [2.24, 2.45) is 0 Å². The van der Waals surface area contributed by atoms with E-state index < -0.39 is 11.8 Å². The van der Waals surface area contributed by atoms with Gasteiger partial charge in [-0.15, -0.1) is 0 Å². The topological polar surface area (TPSA) is 69.7 Å². The summed E-state index contributed by atoms with van der Waals surface area (Å²) < 4.78 is 13.9. The third kappa shape index (κ3) is 4.63. The maximum Gasteiger partial charge on any atom is 0.321 e. The zero-order chi connectivity index (χ0) is 20.3. The molecular formula is C19H17ClFN3O3S. The van der Waals surface area contributed by atoms with Crippen molar-refractivity contribution in [2.45, 2.75) is 13.1 Å². The van der Waals surface area contributed by atoms with E-state index in [0.717, 1.165) is 17.3 Å². The average Bonchev–Trinajstić information content (AvgIpc) is 2.98. The summed E-state index contributed by atoms with van der Waals surface area (Å²) in [6, 6.07) is 10.8. The van der Waals surface area contributed by atoms with Crippen molar-refractivity contribution in [3.63, 3.8) is 0 Å². The molecule has 0 radical (unpaired) electrons. The first-order chi connectivity index (χ1) is 13.3. The van der Waals surface area contributed by atoms with Gasteiger partial charge in [-0.1, -0.05) is 41.6 Å². The Hall–Kier alpha value is -2.58. The number of urea groups is 1. The molecule has 9 heteroatoms. The van der Waals surface area contributed by atoms with E-state index in [1.54, 1.807) is 30.3 Å². The van der Waals surface area contributed by atoms with Crippen LogP contribution in [0.5, 0.6) is 0 Å². The van der Waals surface area contributed by atoms with E-state index in [0.29, 0.717) is 5.69 Å². The zero-order valence-corrected chi connectivity index (χ0v) is 16.5. The number of nitrogens with one attached hydrogen (secondary N) is 1. The lowest BCUT2D eigenvalue weighted by Gasteiger charge is -2.19. The van der Waals surface area contributed by atoms with Gasteiger partial charge >= 0.3 is 6.03 Å². The number of imide groups is 1. The molecule has 4 amide bonds. The first kappa shape index (κ1) is 20.2. The molecule has 2 aromatic rings. The zero-order valence-electron chi connectivity index (χ0n) is 14.9. The lowest BCUT2D eigenvalue weighted by Crippen LogP contribution is -2.31. The van der Waals surface area contributed by atoms with Gasteiger partial charge in [0.25, 0.3) is 5.24 Å². The molecule has 2 aromatic carbocycles. The number of rotatable bonds is 5. The fourth-order valence-electron chi connectivity index (χ4n) is 2.62. The highest BCUT2D eigenvalue weighted by Crippen LogP contribution is 2.23. The maximum atomic E-state index is 13.9. The minimum Gasteiger partial charge on any atom is -0.323 e. The van der Waals surface area contributed by atoms with Crippen LogP contribution in [-0.4, -0.2) is 39.8 Å². The van der Waals surface area contributed by atoms with Crippen LogP contribution in [0, 0.1) is 5.82 Å². The van der Waals surface area contributed by atoms with E-state index in [1.165, 1.54) is 29.0 Å². The van der Waals surface area contributed by atoms with Crippen molar-refractivity contribution >= 4 is 46.2 Å². The fraction of sp³-hybridized carbons (Fsp3) is 0.211. The van der Waals surface area contributed by atoms with E-state index >= 15 is 0 Å². The lowest BCUT2D eigenvalue weighted by atomic mass is 10.2. The average molecular weight is 422 g/mol. The molecule has 0 saturated carbocycles. The molecule has 6 nitrogen and oxygen atoms in total. The molecule has 1 aliphatic heterocycles. The van der Waals surface area contributed by atoms with Gasteiger partial charge in [-0.25, -0.2) is 9.18 Å². The molecule has 3 rings (SSSR count). The third-order valence-corrected chi connectivity index (χ3v) is 5.40. The van der Waals surface area contributed by atoms with Gasteiger partial charge in [0.15, 0.2) is 0 Å². The minimum atomic E-state index is -0.472. The number of amides is 4. The molecule has 0 bridgehead atoms. The molecule has 0 aromatic heterocycles. The summed E-state index contributed by atoms with van der Waals surface area (Å²) in [5, 5.41) is 2.71. The van der Waals surface area contributed by atoms with E-state index in [4.69, 9.17) is 11.6 Å². The first-order valence-electron chi connectivity index (χ1n) is 8.36. The summed E-state index contributed by atoms with van der Waals surface area (Å²) in [4.78, 5) is 38.2. The van der Waals surface area contributed by atoms with Crippen LogP contribution in [0.4, 0.5) is 19.7 Å². The number of thioether (sulfide) groups is 1. The Morgan fingerprint density at radius 3 is 2.57 bits per heavy atom. The number of halogens is 2. The third-order valence-electron chi connectivity index (χ3n) is 4.19. The second-order valence-electron chi connectivity index (χ2n) is 6.22. The SMILES string of the molecule is CN(Cc1c(F)cccc1Cl)C(=O)Nc1ccc(CN2C(=O)CSC2=O)cc1. The predicted octanol–water partition coefficient (Wildman–Crippen LogP) is 4.34. The molecule has 1 N–H and O–H groups in total. The summed E-state index contributed by atoms with van der Waals surface area (Å²) >= 11 is 6.98. The maximum absolute atomic E-state index is 13.9. The van der Waals surface area contributed by atoms with Gasteiger partial charge in [0.1, 0.15) is 5.82 Å². The largest absolute Gasteiger partial charge is 0.323 e. The van der Waals surface area contributed by atoms with Crippen molar-refractivity contribution in [1.29, 1.82) is 0 Å². The number of hydrogen-bond donors (Lipinski definition) is 1. The van der Waals surface area contributed by atoms with E-state index in [2.05, 4.69) is 5.32 Å². The number of carbonyl (C=O) groups excluding carboxylic acids is 3. The Bertz CT molecular complexity index is 887. The molecular weight excluding hydrogens is 405 g/mol. The Kier molecular flexibility index (Phi) is 6.21. The van der Waals surface area contributed by atoms with Gasteiger partial charge < -0.3 is 10.2 Å². The molecule has 1 aliphatic rings. The van der Waals surface area contributed by atoms with Crippen LogP contribution in [-0.2, 0) is 17.9 Å². The molecule has 0 unspecified atom stereocenters. The van der Waals surface area contributed by atoms with Crippen LogP contribution >= 0.6 is 23.4 Å². The second-order valence-corrected chi connectivity index (χ2v) is 7.55. The highest BCUT2D eigenvalue weighted by Gasteiger charge is 2.29. The quantitative estimate of drug-likeness (QED) is 0.779. The number of hydrogen-bond acceptors (Lipinski definition) is 4. The van der Waals surface area contributed by atoms with Gasteiger partial charge in [-0.2, -0.15) is 0 Å². The van der Waals surface area contributed by atoms with Crippen LogP contribution in [0.3, 0.4) is 0 Å². The fourth-order valence-corrected chi connectivity index (χ4v) is 3.57. The summed E-state index contributed by atoms with van der Waals surface area (Å²) in [5.74, 6) is -0.507. The normalized spacial score (nSPS) is 13.8. The second kappa shape index (κ2) is 8.62. The molecule has 0 spiro atoms. The monoisotopic (exact) mass is 421 g/mol. The van der Waals surface area contributed by atoms with E-state index in [1.807, 2.05) is 0 Å². The van der Waals surface area contributed by atoms with E-state index in [9.17, 15) is 18.8 Å². The summed E-state index contributed by atoms with van der Waals surface area (Å²) in [7, 11) is 1.54. The van der Waals surface area contributed by atoms with Crippen LogP contribution in [0.2, 0.25) is 5.02 Å². The van der Waals surface area contributed by atoms with Crippen molar-refractivity contribution in [2.75, 3.05) is 18.1 Å². The van der Waals surface area contributed by atoms with Gasteiger partial charge in [-0.05, 0) is 29.8 Å². The Morgan fingerprint density at radius 2 is 1.96 bits per heavy atom. The minimum absolute atomic E-state index is 0.0201. The highest BCUT2D eigenvalue weighted by molar-refractivity contribution is 8.14. The first-order valence-corrected chi connectivity index (χ1v) is 9.72. The Labute approximate surface area is 170 Å². The van der Waals surface area contributed by atoms with Crippen LogP contribution in [0.25, 0.3) is 0 Å². The van der Waals surface area contributed by atoms with Crippen LogP contribution in [0.15, 0.2) is 42.5 Å². The molecule has 1 heterocycles. The smallest absolute Gasteiger partial charge is 0.321 e. The number of anilines is 1. The van der Waals surface area contributed by atoms with Crippen molar-refractivity contribution in [1.82, 2.24) is 9.80 Å². The van der Waals surface area contributed by atoms with Gasteiger partial charge in [0, 0.05) is 23.3 Å². The lowest BCUT2D eigenvalue weighted by molar-refractivity contribution is -0.125. The molecule has 0 atom stereocenters. The predicted molar refractivity (Wildman–Crippen MR) is 107 cm³/mol. The standard InChI is InChI=1S/C19H17ClFN3O3S/c1-23(10-14-15(20)3-2-4-16(14)21)18(26)22-13-7-5-12(6-8-13)9-24-17(25)11-28-19(24)27/h2-8H,9-11H2,1H3,(H,22,26). The Balaban J connectivity index is 1.59. The molecule has 1 saturated heterocycles. The van der Waals surface area contributed by atoms with Crippen molar-refractivity contribution in [3.8, 4) is 0 Å². The van der Waals surface area contributed by atoms with Crippen LogP contribution in [0.1, 0.15) is 11.1 Å². The van der Waals surface area contributed by atoms with Gasteiger partial charge in [-0.3, -0.25) is 14.5 Å². The van der Waals surface area contributed by atoms with Crippen LogP contribution < -0.4 is 5.32 Å². The summed E-state index contributed by atoms with van der Waals surface area (Å²) in [5.41, 5.74) is 1.55. The van der Waals surface area contributed by atoms with Crippen molar-refractivity contribution in [3.05, 3.63) is 64.4 Å². The molecule has 1 fully saturated rings. The number of nitrogens with zero attached hydrogens (tertiary/aromatic N) is 2. The van der Waals surface area contributed by atoms with Gasteiger partial charge in [0.2, 0.25) is 5.91 Å². The number of benzene rings is 2. The molecule has 28 heavy (non-hydrogen) atoms. The summed E-state index contributed by atoms with van der Waals surface area (Å²) in [6.45, 7) is 0.219. The summed E-state index contributed by atoms with van der Waals surface area (Å²) in [6.07, 6.45) is 0. The van der Waals surface area contributed by atoms with E-state index in [-0.39, 0.29) is 40.6 Å².